The Morgan fingerprint density at radius 1 is 1.42 bits per heavy atom. The number of hydrogen-bond acceptors (Lipinski definition) is 3. The second-order valence-corrected chi connectivity index (χ2v) is 5.83. The number of anilines is 1. The van der Waals surface area contributed by atoms with Crippen molar-refractivity contribution in [2.45, 2.75) is 45.6 Å². The summed E-state index contributed by atoms with van der Waals surface area (Å²) >= 11 is 6.33. The normalized spacial score (nSPS) is 20.4. The molecule has 1 fully saturated rings. The Labute approximate surface area is 121 Å². The molecule has 1 aliphatic rings. The molecular weight excluding hydrogens is 258 g/mol. The molecule has 0 bridgehead atoms. The van der Waals surface area contributed by atoms with E-state index in [0.29, 0.717) is 6.54 Å². The minimum Gasteiger partial charge on any atom is -0.355 e. The van der Waals surface area contributed by atoms with Gasteiger partial charge in [0.2, 0.25) is 0 Å². The first kappa shape index (κ1) is 14.6. The van der Waals surface area contributed by atoms with E-state index >= 15 is 0 Å². The highest BCUT2D eigenvalue weighted by Crippen LogP contribution is 2.29. The van der Waals surface area contributed by atoms with Gasteiger partial charge in [-0.2, -0.15) is 0 Å². The molecule has 2 rings (SSSR count). The van der Waals surface area contributed by atoms with Crippen LogP contribution >= 0.6 is 11.6 Å². The Balaban J connectivity index is 2.05. The van der Waals surface area contributed by atoms with Crippen LogP contribution in [-0.2, 0) is 6.54 Å². The van der Waals surface area contributed by atoms with Gasteiger partial charge in [0.15, 0.2) is 0 Å². The summed E-state index contributed by atoms with van der Waals surface area (Å²) < 4.78 is 0. The molecule has 0 saturated carbocycles. The fourth-order valence-corrected chi connectivity index (χ4v) is 3.20. The molecule has 4 heteroatoms. The summed E-state index contributed by atoms with van der Waals surface area (Å²) in [5.41, 5.74) is 6.60. The lowest BCUT2D eigenvalue weighted by molar-refractivity contribution is 0.435. The van der Waals surface area contributed by atoms with Crippen LogP contribution in [0.1, 0.15) is 44.6 Å². The largest absolute Gasteiger partial charge is 0.355 e. The third kappa shape index (κ3) is 3.83. The summed E-state index contributed by atoms with van der Waals surface area (Å²) in [6, 6.07) is 1.94. The van der Waals surface area contributed by atoms with Gasteiger partial charge in [0.05, 0.1) is 5.02 Å². The molecule has 3 nitrogen and oxygen atoms in total. The summed E-state index contributed by atoms with van der Waals surface area (Å²) in [4.78, 5) is 6.83. The molecule has 0 aliphatic carbocycles. The molecule has 2 N–H and O–H groups in total. The summed E-state index contributed by atoms with van der Waals surface area (Å²) in [7, 11) is 0. The fraction of sp³-hybridized carbons (Fsp3) is 0.667. The van der Waals surface area contributed by atoms with Crippen molar-refractivity contribution in [1.29, 1.82) is 0 Å². The average Bonchev–Trinajstić information content (AvgIpc) is 2.65. The van der Waals surface area contributed by atoms with Gasteiger partial charge < -0.3 is 10.6 Å². The van der Waals surface area contributed by atoms with E-state index in [0.717, 1.165) is 35.4 Å². The number of rotatable bonds is 4. The number of halogens is 1. The van der Waals surface area contributed by atoms with Gasteiger partial charge in [0.25, 0.3) is 0 Å². The molecule has 2 heterocycles. The Hall–Kier alpha value is -0.800. The molecule has 1 aliphatic heterocycles. The van der Waals surface area contributed by atoms with E-state index in [1.54, 1.807) is 0 Å². The minimum atomic E-state index is 0.492. The molecule has 0 radical (unpaired) electrons. The number of hydrogen-bond donors (Lipinski definition) is 1. The summed E-state index contributed by atoms with van der Waals surface area (Å²) in [5, 5.41) is 0.733. The first-order valence-electron chi connectivity index (χ1n) is 7.34. The highest BCUT2D eigenvalue weighted by Gasteiger charge is 2.19. The van der Waals surface area contributed by atoms with Crippen molar-refractivity contribution in [2.24, 2.45) is 11.7 Å². The predicted molar refractivity (Wildman–Crippen MR) is 81.6 cm³/mol. The maximum Gasteiger partial charge on any atom is 0.147 e. The minimum absolute atomic E-state index is 0.492. The third-order valence-electron chi connectivity index (χ3n) is 3.96. The number of nitrogens with two attached hydrogens (primary N) is 1. The highest BCUT2D eigenvalue weighted by atomic mass is 35.5. The van der Waals surface area contributed by atoms with Crippen LogP contribution in [0.15, 0.2) is 12.3 Å². The zero-order chi connectivity index (χ0) is 13.7. The molecule has 0 amide bonds. The summed E-state index contributed by atoms with van der Waals surface area (Å²) in [6.45, 7) is 4.90. The third-order valence-corrected chi connectivity index (χ3v) is 4.24. The van der Waals surface area contributed by atoms with Crippen LogP contribution in [0.4, 0.5) is 5.82 Å². The molecule has 106 valence electrons. The molecule has 1 atom stereocenters. The van der Waals surface area contributed by atoms with Gasteiger partial charge in [-0.25, -0.2) is 4.98 Å². The second-order valence-electron chi connectivity index (χ2n) is 5.43. The standard InChI is InChI=1S/C15H24ClN3/c1-2-4-12-5-3-7-19(8-6-12)15-14(16)9-13(10-17)11-18-15/h9,11-12H,2-8,10,17H2,1H3. The lowest BCUT2D eigenvalue weighted by Gasteiger charge is -2.23. The quantitative estimate of drug-likeness (QED) is 0.917. The van der Waals surface area contributed by atoms with E-state index in [-0.39, 0.29) is 0 Å². The first-order chi connectivity index (χ1) is 9.24. The van der Waals surface area contributed by atoms with Gasteiger partial charge in [0.1, 0.15) is 5.82 Å². The maximum absolute atomic E-state index is 6.33. The van der Waals surface area contributed by atoms with E-state index in [1.165, 1.54) is 32.1 Å². The summed E-state index contributed by atoms with van der Waals surface area (Å²) in [6.07, 6.45) is 8.31. The Kier molecular flexibility index (Phi) is 5.46. The van der Waals surface area contributed by atoms with Crippen LogP contribution < -0.4 is 10.6 Å². The van der Waals surface area contributed by atoms with Crippen LogP contribution in [0, 0.1) is 5.92 Å². The van der Waals surface area contributed by atoms with Crippen LogP contribution in [0.2, 0.25) is 5.02 Å². The van der Waals surface area contributed by atoms with Crippen molar-refractivity contribution in [2.75, 3.05) is 18.0 Å². The number of aromatic nitrogens is 1. The van der Waals surface area contributed by atoms with Gasteiger partial charge in [-0.1, -0.05) is 31.4 Å². The highest BCUT2D eigenvalue weighted by molar-refractivity contribution is 6.33. The van der Waals surface area contributed by atoms with Gasteiger partial charge >= 0.3 is 0 Å². The maximum atomic E-state index is 6.33. The van der Waals surface area contributed by atoms with Crippen molar-refractivity contribution in [3.63, 3.8) is 0 Å². The smallest absolute Gasteiger partial charge is 0.147 e. The van der Waals surface area contributed by atoms with E-state index in [9.17, 15) is 0 Å². The lowest BCUT2D eigenvalue weighted by atomic mass is 9.96. The van der Waals surface area contributed by atoms with Crippen molar-refractivity contribution < 1.29 is 0 Å². The molecule has 1 aromatic heterocycles. The predicted octanol–water partition coefficient (Wildman–Crippen LogP) is 3.60. The van der Waals surface area contributed by atoms with E-state index in [1.807, 2.05) is 12.3 Å². The first-order valence-corrected chi connectivity index (χ1v) is 7.71. The van der Waals surface area contributed by atoms with Crippen molar-refractivity contribution >= 4 is 17.4 Å². The number of pyridine rings is 1. The average molecular weight is 282 g/mol. The van der Waals surface area contributed by atoms with Crippen LogP contribution in [-0.4, -0.2) is 18.1 Å². The molecule has 1 saturated heterocycles. The van der Waals surface area contributed by atoms with Crippen molar-refractivity contribution in [3.8, 4) is 0 Å². The van der Waals surface area contributed by atoms with Gasteiger partial charge in [-0.15, -0.1) is 0 Å². The zero-order valence-corrected chi connectivity index (χ0v) is 12.5. The van der Waals surface area contributed by atoms with Gasteiger partial charge in [-0.3, -0.25) is 0 Å². The Morgan fingerprint density at radius 3 is 2.95 bits per heavy atom. The Morgan fingerprint density at radius 2 is 2.26 bits per heavy atom. The van der Waals surface area contributed by atoms with E-state index in [2.05, 4.69) is 16.8 Å². The molecule has 0 aromatic carbocycles. The molecular formula is C15H24ClN3. The monoisotopic (exact) mass is 281 g/mol. The SMILES string of the molecule is CCCC1CCCN(c2ncc(CN)cc2Cl)CC1. The van der Waals surface area contributed by atoms with Gasteiger partial charge in [0, 0.05) is 25.8 Å². The molecule has 0 spiro atoms. The zero-order valence-electron chi connectivity index (χ0n) is 11.7. The van der Waals surface area contributed by atoms with Crippen LogP contribution in [0.5, 0.6) is 0 Å². The van der Waals surface area contributed by atoms with Crippen molar-refractivity contribution in [3.05, 3.63) is 22.8 Å². The second kappa shape index (κ2) is 7.11. The molecule has 1 aromatic rings. The lowest BCUT2D eigenvalue weighted by Crippen LogP contribution is -2.25. The topological polar surface area (TPSA) is 42.2 Å². The van der Waals surface area contributed by atoms with E-state index < -0.39 is 0 Å². The van der Waals surface area contributed by atoms with Crippen LogP contribution in [0.25, 0.3) is 0 Å². The van der Waals surface area contributed by atoms with Crippen LogP contribution in [0.3, 0.4) is 0 Å². The fourth-order valence-electron chi connectivity index (χ4n) is 2.89. The molecule has 19 heavy (non-hydrogen) atoms. The van der Waals surface area contributed by atoms with Crippen molar-refractivity contribution in [1.82, 2.24) is 4.98 Å². The Bertz CT molecular complexity index is 408. The summed E-state index contributed by atoms with van der Waals surface area (Å²) in [5.74, 6) is 1.80. The van der Waals surface area contributed by atoms with Gasteiger partial charge in [-0.05, 0) is 36.8 Å². The van der Waals surface area contributed by atoms with E-state index in [4.69, 9.17) is 17.3 Å². The number of nitrogens with zero attached hydrogens (tertiary/aromatic N) is 2. The molecule has 1 unspecified atom stereocenters.